The lowest BCUT2D eigenvalue weighted by Gasteiger charge is -2.33. The van der Waals surface area contributed by atoms with E-state index in [1.165, 1.54) is 10.6 Å². The van der Waals surface area contributed by atoms with Gasteiger partial charge in [0.05, 0.1) is 6.26 Å². The van der Waals surface area contributed by atoms with Gasteiger partial charge in [-0.15, -0.1) is 0 Å². The van der Waals surface area contributed by atoms with E-state index in [4.69, 9.17) is 4.74 Å². The summed E-state index contributed by atoms with van der Waals surface area (Å²) in [6.45, 7) is 1.37. The highest BCUT2D eigenvalue weighted by molar-refractivity contribution is 7.88. The number of carbonyl (C=O) groups is 1. The SMILES string of the molecule is CS(=O)(=O)N1CCN(C(=O)c2cccc(Oc3ccccn3)c2)CC1. The van der Waals surface area contributed by atoms with Crippen LogP contribution in [-0.4, -0.2) is 60.9 Å². The van der Waals surface area contributed by atoms with Crippen LogP contribution >= 0.6 is 0 Å². The van der Waals surface area contributed by atoms with Crippen molar-refractivity contribution in [1.82, 2.24) is 14.2 Å². The molecule has 3 rings (SSSR count). The number of amides is 1. The number of sulfonamides is 1. The molecule has 0 unspecified atom stereocenters. The normalized spacial score (nSPS) is 15.8. The molecule has 8 heteroatoms. The van der Waals surface area contributed by atoms with Gasteiger partial charge in [0.1, 0.15) is 5.75 Å². The summed E-state index contributed by atoms with van der Waals surface area (Å²) in [5.41, 5.74) is 0.501. The van der Waals surface area contributed by atoms with Crippen molar-refractivity contribution >= 4 is 15.9 Å². The van der Waals surface area contributed by atoms with Gasteiger partial charge in [0.15, 0.2) is 0 Å². The minimum Gasteiger partial charge on any atom is -0.439 e. The molecule has 2 aromatic rings. The Bertz CT molecular complexity index is 847. The van der Waals surface area contributed by atoms with Gasteiger partial charge in [-0.1, -0.05) is 12.1 Å². The van der Waals surface area contributed by atoms with Crippen molar-refractivity contribution in [3.63, 3.8) is 0 Å². The predicted octanol–water partition coefficient (Wildman–Crippen LogP) is 1.59. The van der Waals surface area contributed by atoms with Crippen LogP contribution in [0.3, 0.4) is 0 Å². The summed E-state index contributed by atoms with van der Waals surface area (Å²) in [6, 6.07) is 12.2. The number of nitrogens with zero attached hydrogens (tertiary/aromatic N) is 3. The van der Waals surface area contributed by atoms with E-state index in [0.717, 1.165) is 0 Å². The molecule has 132 valence electrons. The third kappa shape index (κ3) is 4.34. The molecule has 0 atom stereocenters. The van der Waals surface area contributed by atoms with Crippen LogP contribution in [0.25, 0.3) is 0 Å². The number of hydrogen-bond acceptors (Lipinski definition) is 5. The van der Waals surface area contributed by atoms with Crippen molar-refractivity contribution < 1.29 is 17.9 Å². The number of piperazine rings is 1. The van der Waals surface area contributed by atoms with Gasteiger partial charge in [0.2, 0.25) is 15.9 Å². The maximum atomic E-state index is 12.6. The lowest BCUT2D eigenvalue weighted by atomic mass is 10.1. The van der Waals surface area contributed by atoms with Crippen LogP contribution in [-0.2, 0) is 10.0 Å². The fourth-order valence-electron chi connectivity index (χ4n) is 2.63. The molecule has 0 radical (unpaired) electrons. The Morgan fingerprint density at radius 1 is 1.08 bits per heavy atom. The first-order chi connectivity index (χ1) is 11.9. The average Bonchev–Trinajstić information content (AvgIpc) is 2.61. The molecule has 0 aliphatic carbocycles. The molecule has 1 aromatic heterocycles. The summed E-state index contributed by atoms with van der Waals surface area (Å²) >= 11 is 0. The lowest BCUT2D eigenvalue weighted by Crippen LogP contribution is -2.50. The standard InChI is InChI=1S/C17H19N3O4S/c1-25(22,23)20-11-9-19(10-12-20)17(21)14-5-4-6-15(13-14)24-16-7-2-3-8-18-16/h2-8,13H,9-12H2,1H3. The van der Waals surface area contributed by atoms with Gasteiger partial charge in [-0.3, -0.25) is 4.79 Å². The molecule has 7 nitrogen and oxygen atoms in total. The highest BCUT2D eigenvalue weighted by Gasteiger charge is 2.26. The first-order valence-corrected chi connectivity index (χ1v) is 9.72. The summed E-state index contributed by atoms with van der Waals surface area (Å²) in [7, 11) is -3.21. The van der Waals surface area contributed by atoms with Crippen molar-refractivity contribution in [1.29, 1.82) is 0 Å². The zero-order chi connectivity index (χ0) is 17.9. The van der Waals surface area contributed by atoms with Crippen molar-refractivity contribution in [2.75, 3.05) is 32.4 Å². The first-order valence-electron chi connectivity index (χ1n) is 7.87. The monoisotopic (exact) mass is 361 g/mol. The van der Waals surface area contributed by atoms with Crippen LogP contribution in [0.4, 0.5) is 0 Å². The minimum atomic E-state index is -3.21. The first kappa shape index (κ1) is 17.4. The second-order valence-electron chi connectivity index (χ2n) is 5.75. The van der Waals surface area contributed by atoms with Crippen molar-refractivity contribution in [2.45, 2.75) is 0 Å². The van der Waals surface area contributed by atoms with Gasteiger partial charge in [-0.25, -0.2) is 13.4 Å². The van der Waals surface area contributed by atoms with Crippen LogP contribution in [0.5, 0.6) is 11.6 Å². The Balaban J connectivity index is 1.68. The Hall–Kier alpha value is -2.45. The van der Waals surface area contributed by atoms with Gasteiger partial charge in [-0.05, 0) is 24.3 Å². The predicted molar refractivity (Wildman–Crippen MR) is 93.1 cm³/mol. The smallest absolute Gasteiger partial charge is 0.254 e. The zero-order valence-electron chi connectivity index (χ0n) is 13.8. The van der Waals surface area contributed by atoms with E-state index < -0.39 is 10.0 Å². The number of pyridine rings is 1. The summed E-state index contributed by atoms with van der Waals surface area (Å²) < 4.78 is 30.1. The van der Waals surface area contributed by atoms with Crippen LogP contribution in [0, 0.1) is 0 Å². The molecular formula is C17H19N3O4S. The number of ether oxygens (including phenoxy) is 1. The molecule has 1 aromatic carbocycles. The lowest BCUT2D eigenvalue weighted by molar-refractivity contribution is 0.0698. The highest BCUT2D eigenvalue weighted by Crippen LogP contribution is 2.21. The Kier molecular flexibility index (Phi) is 5.00. The number of aromatic nitrogens is 1. The van der Waals surface area contributed by atoms with Crippen LogP contribution < -0.4 is 4.74 Å². The van der Waals surface area contributed by atoms with E-state index in [0.29, 0.717) is 43.4 Å². The third-order valence-electron chi connectivity index (χ3n) is 3.94. The average molecular weight is 361 g/mol. The largest absolute Gasteiger partial charge is 0.439 e. The van der Waals surface area contributed by atoms with Crippen molar-refractivity contribution in [2.24, 2.45) is 0 Å². The van der Waals surface area contributed by atoms with Gasteiger partial charge in [0.25, 0.3) is 5.91 Å². The molecule has 1 aliphatic heterocycles. The second-order valence-corrected chi connectivity index (χ2v) is 7.73. The quantitative estimate of drug-likeness (QED) is 0.826. The summed E-state index contributed by atoms with van der Waals surface area (Å²) in [5.74, 6) is 0.841. The van der Waals surface area contributed by atoms with Crippen LogP contribution in [0.15, 0.2) is 48.7 Å². The molecule has 0 bridgehead atoms. The Labute approximate surface area is 146 Å². The van der Waals surface area contributed by atoms with Gasteiger partial charge < -0.3 is 9.64 Å². The molecule has 0 saturated carbocycles. The van der Waals surface area contributed by atoms with E-state index >= 15 is 0 Å². The van der Waals surface area contributed by atoms with Crippen molar-refractivity contribution in [3.05, 3.63) is 54.2 Å². The molecule has 0 spiro atoms. The highest BCUT2D eigenvalue weighted by atomic mass is 32.2. The summed E-state index contributed by atoms with van der Waals surface area (Å²) in [6.07, 6.45) is 2.81. The summed E-state index contributed by atoms with van der Waals surface area (Å²) in [4.78, 5) is 18.4. The Morgan fingerprint density at radius 3 is 2.48 bits per heavy atom. The fourth-order valence-corrected chi connectivity index (χ4v) is 3.45. The van der Waals surface area contributed by atoms with E-state index in [-0.39, 0.29) is 5.91 Å². The maximum absolute atomic E-state index is 12.6. The van der Waals surface area contributed by atoms with Crippen molar-refractivity contribution in [3.8, 4) is 11.6 Å². The van der Waals surface area contributed by atoms with E-state index in [1.54, 1.807) is 47.5 Å². The number of benzene rings is 1. The molecule has 0 N–H and O–H groups in total. The molecule has 2 heterocycles. The van der Waals surface area contributed by atoms with Crippen LogP contribution in [0.2, 0.25) is 0 Å². The van der Waals surface area contributed by atoms with Crippen LogP contribution in [0.1, 0.15) is 10.4 Å². The summed E-state index contributed by atoms with van der Waals surface area (Å²) in [5, 5.41) is 0. The topological polar surface area (TPSA) is 79.8 Å². The number of carbonyl (C=O) groups excluding carboxylic acids is 1. The maximum Gasteiger partial charge on any atom is 0.254 e. The van der Waals surface area contributed by atoms with E-state index in [2.05, 4.69) is 4.98 Å². The molecule has 1 fully saturated rings. The molecule has 1 saturated heterocycles. The fraction of sp³-hybridized carbons (Fsp3) is 0.294. The molecule has 1 aliphatic rings. The van der Waals surface area contributed by atoms with Gasteiger partial charge in [-0.2, -0.15) is 4.31 Å². The Morgan fingerprint density at radius 2 is 1.84 bits per heavy atom. The number of rotatable bonds is 4. The molecule has 25 heavy (non-hydrogen) atoms. The number of hydrogen-bond donors (Lipinski definition) is 0. The zero-order valence-corrected chi connectivity index (χ0v) is 14.6. The van der Waals surface area contributed by atoms with E-state index in [9.17, 15) is 13.2 Å². The second kappa shape index (κ2) is 7.20. The third-order valence-corrected chi connectivity index (χ3v) is 5.24. The minimum absolute atomic E-state index is 0.139. The molecule has 1 amide bonds. The molecular weight excluding hydrogens is 342 g/mol. The van der Waals surface area contributed by atoms with Gasteiger partial charge >= 0.3 is 0 Å². The van der Waals surface area contributed by atoms with Gasteiger partial charge in [0, 0.05) is 44.0 Å². The van der Waals surface area contributed by atoms with E-state index in [1.807, 2.05) is 6.07 Å².